The van der Waals surface area contributed by atoms with Crippen LogP contribution in [0.3, 0.4) is 0 Å². The third-order valence-electron chi connectivity index (χ3n) is 6.79. The van der Waals surface area contributed by atoms with Gasteiger partial charge in [0.05, 0.1) is 35.9 Å². The van der Waals surface area contributed by atoms with Crippen LogP contribution in [0.15, 0.2) is 48.8 Å². The van der Waals surface area contributed by atoms with Crippen molar-refractivity contribution in [3.05, 3.63) is 76.2 Å². The summed E-state index contributed by atoms with van der Waals surface area (Å²) in [5.41, 5.74) is 0.569. The van der Waals surface area contributed by atoms with Crippen LogP contribution in [0.4, 0.5) is 20.2 Å². The molecule has 204 valence electrons. The number of nitriles is 2. The van der Waals surface area contributed by atoms with Gasteiger partial charge in [0, 0.05) is 28.8 Å². The molecule has 5 rings (SSSR count). The first-order valence-corrected chi connectivity index (χ1v) is 13.1. The molecule has 1 saturated carbocycles. The summed E-state index contributed by atoms with van der Waals surface area (Å²) < 4.78 is 38.4. The van der Waals surface area contributed by atoms with Crippen LogP contribution >= 0.6 is 11.6 Å². The van der Waals surface area contributed by atoms with Crippen LogP contribution in [0, 0.1) is 28.1 Å². The molecule has 0 aliphatic heterocycles. The molecule has 8 nitrogen and oxygen atoms in total. The lowest BCUT2D eigenvalue weighted by atomic mass is 9.96. The maximum Gasteiger partial charge on any atom is 0.263 e. The van der Waals surface area contributed by atoms with E-state index in [0.717, 1.165) is 4.68 Å². The summed E-state index contributed by atoms with van der Waals surface area (Å²) in [4.78, 5) is 4.37. The van der Waals surface area contributed by atoms with Crippen molar-refractivity contribution < 1.29 is 10.2 Å². The van der Waals surface area contributed by atoms with Crippen LogP contribution in [0.25, 0.3) is 10.9 Å². The van der Waals surface area contributed by atoms with E-state index in [4.69, 9.17) is 11.6 Å². The first kappa shape index (κ1) is 26.0. The second-order valence-electron chi connectivity index (χ2n) is 11.0. The minimum absolute atomic E-state index is 0.0473. The largest absolute Gasteiger partial charge is 0.383 e. The van der Waals surface area contributed by atoms with Gasteiger partial charge in [-0.2, -0.15) is 10.5 Å². The molecule has 2 aromatic carbocycles. The Morgan fingerprint density at radius 1 is 1.18 bits per heavy atom. The van der Waals surface area contributed by atoms with Crippen molar-refractivity contribution in [2.45, 2.75) is 51.6 Å². The van der Waals surface area contributed by atoms with Crippen LogP contribution < -0.4 is 10.6 Å². The molecule has 0 spiro atoms. The number of hydrogen-bond donors (Lipinski definition) is 2. The molecule has 4 aromatic rings. The normalized spacial score (nSPS) is 16.1. The minimum Gasteiger partial charge on any atom is -0.383 e. The van der Waals surface area contributed by atoms with Gasteiger partial charge < -0.3 is 10.6 Å². The van der Waals surface area contributed by atoms with Crippen LogP contribution in [0.1, 0.15) is 63.4 Å². The first-order valence-electron chi connectivity index (χ1n) is 13.2. The first-order chi connectivity index (χ1) is 19.4. The molecule has 0 saturated heterocycles. The Balaban J connectivity index is 1.67. The zero-order valence-electron chi connectivity index (χ0n) is 23.1. The average Bonchev–Trinajstić information content (AvgIpc) is 3.59. The monoisotopic (exact) mass is 561 g/mol. The van der Waals surface area contributed by atoms with Crippen molar-refractivity contribution in [1.29, 1.82) is 10.5 Å². The van der Waals surface area contributed by atoms with E-state index in [9.17, 15) is 20.7 Å². The summed E-state index contributed by atoms with van der Waals surface area (Å²) in [6.07, 6.45) is 0.652. The predicted octanol–water partition coefficient (Wildman–Crippen LogP) is 6.64. The fraction of sp³-hybridized carbons (Fsp3) is 0.345. The van der Waals surface area contributed by atoms with Crippen molar-refractivity contribution in [2.24, 2.45) is 5.41 Å². The number of benzene rings is 2. The van der Waals surface area contributed by atoms with Crippen LogP contribution in [0.5, 0.6) is 0 Å². The van der Waals surface area contributed by atoms with Gasteiger partial charge in [0.15, 0.2) is 0 Å². The van der Waals surface area contributed by atoms with Crippen molar-refractivity contribution in [3.63, 3.8) is 0 Å². The molecule has 1 fully saturated rings. The fourth-order valence-electron chi connectivity index (χ4n) is 4.44. The van der Waals surface area contributed by atoms with Crippen LogP contribution in [-0.4, -0.2) is 32.9 Å². The van der Waals surface area contributed by atoms with E-state index in [2.05, 4.69) is 38.1 Å². The Bertz CT molecular complexity index is 1710. The van der Waals surface area contributed by atoms with Crippen molar-refractivity contribution in [1.82, 2.24) is 20.0 Å². The summed E-state index contributed by atoms with van der Waals surface area (Å²) in [7, 11) is 0. The maximum atomic E-state index is 13.8. The van der Waals surface area contributed by atoms with E-state index in [1.54, 1.807) is 36.4 Å². The van der Waals surface area contributed by atoms with E-state index >= 15 is 0 Å². The number of hydrogen-bond acceptors (Lipinski definition) is 7. The third-order valence-corrected chi connectivity index (χ3v) is 7.12. The molecule has 2 aromatic heterocycles. The molecule has 0 amide bonds. The zero-order chi connectivity index (χ0) is 29.6. The number of anilines is 2. The number of aromatic nitrogens is 4. The number of nitrogens with one attached hydrogen (secondary N) is 2. The Labute approximate surface area is 237 Å². The number of nitrogens with zero attached hydrogens (tertiary/aromatic N) is 6. The lowest BCUT2D eigenvalue weighted by molar-refractivity contribution is 0.0593. The predicted molar refractivity (Wildman–Crippen MR) is 149 cm³/mol. The zero-order valence-corrected chi connectivity index (χ0v) is 22.9. The Hall–Kier alpha value is -4.28. The highest BCUT2D eigenvalue weighted by Crippen LogP contribution is 2.48. The smallest absolute Gasteiger partial charge is 0.263 e. The molecule has 40 heavy (non-hydrogen) atoms. The van der Waals surface area contributed by atoms with Gasteiger partial charge in [-0.3, -0.25) is 4.98 Å². The van der Waals surface area contributed by atoms with Crippen molar-refractivity contribution in [3.8, 4) is 12.1 Å². The molecule has 0 radical (unpaired) electrons. The quantitative estimate of drug-likeness (QED) is 0.248. The van der Waals surface area contributed by atoms with E-state index in [1.807, 2.05) is 20.8 Å². The lowest BCUT2D eigenvalue weighted by Crippen LogP contribution is -2.26. The van der Waals surface area contributed by atoms with Crippen molar-refractivity contribution in [2.75, 3.05) is 17.2 Å². The molecule has 0 unspecified atom stereocenters. The van der Waals surface area contributed by atoms with Gasteiger partial charge >= 0.3 is 0 Å². The molecule has 1 atom stereocenters. The molecule has 11 heteroatoms. The number of alkyl halides is 2. The minimum atomic E-state index is -2.63. The highest BCUT2D eigenvalue weighted by Gasteiger charge is 2.54. The number of pyridine rings is 1. The number of fused-ring (bicyclic) bond motifs is 1. The number of halogens is 3. The summed E-state index contributed by atoms with van der Waals surface area (Å²) in [5, 5.41) is 35.1. The molecule has 0 bridgehead atoms. The van der Waals surface area contributed by atoms with E-state index in [-0.39, 0.29) is 34.5 Å². The molecular formula is C29H27ClF2N8. The average molecular weight is 562 g/mol. The highest BCUT2D eigenvalue weighted by atomic mass is 35.5. The molecule has 1 aliphatic carbocycles. The van der Waals surface area contributed by atoms with Gasteiger partial charge in [-0.05, 0) is 42.0 Å². The Morgan fingerprint density at radius 3 is 2.52 bits per heavy atom. The molecule has 2 heterocycles. The number of rotatable bonds is 8. The van der Waals surface area contributed by atoms with Crippen molar-refractivity contribution >= 4 is 33.9 Å². The molecule has 2 N–H and O–H groups in total. The van der Waals surface area contributed by atoms with E-state index in [0.29, 0.717) is 39.9 Å². The van der Waals surface area contributed by atoms with Crippen LogP contribution in [0.2, 0.25) is 5.02 Å². The molecule has 1 aliphatic rings. The van der Waals surface area contributed by atoms with Gasteiger partial charge in [0.2, 0.25) is 0 Å². The van der Waals surface area contributed by atoms with Gasteiger partial charge in [-0.1, -0.05) is 55.8 Å². The van der Waals surface area contributed by atoms with Gasteiger partial charge in [-0.25, -0.2) is 13.5 Å². The molecular weight excluding hydrogens is 534 g/mol. The van der Waals surface area contributed by atoms with Gasteiger partial charge in [0.25, 0.3) is 6.43 Å². The summed E-state index contributed by atoms with van der Waals surface area (Å²) in [5.74, 6) is 0. The second kappa shape index (κ2) is 10.4. The Morgan fingerprint density at radius 2 is 1.90 bits per heavy atom. The second-order valence-corrected chi connectivity index (χ2v) is 11.4. The maximum absolute atomic E-state index is 13.8. The topological polar surface area (TPSA) is 115 Å². The summed E-state index contributed by atoms with van der Waals surface area (Å²) in [6, 6.07) is 12.3. The fourth-order valence-corrected chi connectivity index (χ4v) is 4.67. The van der Waals surface area contributed by atoms with E-state index in [1.165, 1.54) is 12.4 Å². The standard InChI is InChI=1S/C29H27ClF2N8/c1-28(2,3)16-36-25-18(13-34)14-35-24-17(12-33)10-19(11-21(24)25)37-26(20-6-4-5-7-22(20)30)23-15-40(39-38-23)29(8-9-29)27(31)32/h4-7,10-11,14-15,26-27,37H,8-9,16H2,1-3H3,(H,35,36)/t26-/m1/s1/i26D. The Kier molecular flexibility index (Phi) is 6.73. The lowest BCUT2D eigenvalue weighted by Gasteiger charge is -2.22. The van der Waals surface area contributed by atoms with Gasteiger partial charge in [0.1, 0.15) is 23.4 Å². The highest BCUT2D eigenvalue weighted by molar-refractivity contribution is 6.31. The van der Waals surface area contributed by atoms with Gasteiger partial charge in [-0.15, -0.1) is 5.10 Å². The SMILES string of the molecule is [2H][C@](Nc1cc(C#N)c2ncc(C#N)c(NCC(C)(C)C)c2c1)(c1cn(C2(C(F)F)CC2)nn1)c1ccccc1Cl. The third kappa shape index (κ3) is 5.15. The van der Waals surface area contributed by atoms with E-state index < -0.39 is 18.0 Å². The summed E-state index contributed by atoms with van der Waals surface area (Å²) in [6.45, 7) is 6.69. The summed E-state index contributed by atoms with van der Waals surface area (Å²) >= 11 is 6.54. The van der Waals surface area contributed by atoms with Crippen LogP contribution in [-0.2, 0) is 5.54 Å².